The van der Waals surface area contributed by atoms with E-state index in [1.54, 1.807) is 28.0 Å². The van der Waals surface area contributed by atoms with Crippen molar-refractivity contribution in [3.63, 3.8) is 0 Å². The number of nitrogens with one attached hydrogen (secondary N) is 1. The molecule has 0 aliphatic carbocycles. The molecule has 0 bridgehead atoms. The Bertz CT molecular complexity index is 514. The van der Waals surface area contributed by atoms with Crippen molar-refractivity contribution in [3.05, 3.63) is 10.9 Å². The third-order valence-electron chi connectivity index (χ3n) is 3.30. The second kappa shape index (κ2) is 7.84. The highest BCUT2D eigenvalue weighted by Crippen LogP contribution is 2.42. The summed E-state index contributed by atoms with van der Waals surface area (Å²) in [5.41, 5.74) is 0.930. The number of carbonyl (C=O) groups excluding carboxylic acids is 2. The predicted octanol–water partition coefficient (Wildman–Crippen LogP) is 3.06. The van der Waals surface area contributed by atoms with Crippen LogP contribution in [-0.4, -0.2) is 30.7 Å². The summed E-state index contributed by atoms with van der Waals surface area (Å²) in [7, 11) is 0. The van der Waals surface area contributed by atoms with Crippen molar-refractivity contribution >= 4 is 40.6 Å². The van der Waals surface area contributed by atoms with Gasteiger partial charge in [-0.3, -0.25) is 9.59 Å². The van der Waals surface area contributed by atoms with Crippen molar-refractivity contribution in [1.29, 1.82) is 0 Å². The van der Waals surface area contributed by atoms with Crippen LogP contribution in [0.4, 0.5) is 5.69 Å². The Morgan fingerprint density at radius 3 is 2.90 bits per heavy atom. The lowest BCUT2D eigenvalue weighted by Gasteiger charge is -2.25. The molecule has 0 unspecified atom stereocenters. The van der Waals surface area contributed by atoms with E-state index in [0.717, 1.165) is 31.4 Å². The number of hydrogen-bond acceptors (Lipinski definition) is 4. The van der Waals surface area contributed by atoms with Crippen molar-refractivity contribution in [1.82, 2.24) is 5.32 Å². The lowest BCUT2D eigenvalue weighted by Crippen LogP contribution is -2.43. The Labute approximate surface area is 134 Å². The molecule has 0 saturated heterocycles. The first kappa shape index (κ1) is 16.4. The van der Waals surface area contributed by atoms with Gasteiger partial charge in [-0.05, 0) is 25.3 Å². The first-order chi connectivity index (χ1) is 10.2. The van der Waals surface area contributed by atoms with Crippen LogP contribution >= 0.6 is 23.1 Å². The van der Waals surface area contributed by atoms with Crippen LogP contribution in [0, 0.1) is 0 Å². The van der Waals surface area contributed by atoms with Gasteiger partial charge in [0.1, 0.15) is 6.54 Å². The molecule has 6 heteroatoms. The molecule has 1 aliphatic heterocycles. The summed E-state index contributed by atoms with van der Waals surface area (Å²) >= 11 is 3.36. The molecule has 2 amide bonds. The lowest BCUT2D eigenvalue weighted by atomic mass is 10.2. The molecule has 0 atom stereocenters. The van der Waals surface area contributed by atoms with Crippen LogP contribution in [0.15, 0.2) is 10.3 Å². The zero-order chi connectivity index (χ0) is 15.2. The largest absolute Gasteiger partial charge is 0.355 e. The first-order valence-corrected chi connectivity index (χ1v) is 9.28. The predicted molar refractivity (Wildman–Crippen MR) is 89.3 cm³/mol. The van der Waals surface area contributed by atoms with Gasteiger partial charge in [-0.25, -0.2) is 0 Å². The number of carbonyl (C=O) groups is 2. The molecule has 1 aliphatic rings. The number of thiophene rings is 1. The van der Waals surface area contributed by atoms with Gasteiger partial charge in [0, 0.05) is 11.4 Å². The molecule has 4 nitrogen and oxygen atoms in total. The summed E-state index contributed by atoms with van der Waals surface area (Å²) in [6.07, 6.45) is 4.28. The van der Waals surface area contributed by atoms with E-state index in [1.165, 1.54) is 9.09 Å². The normalized spacial score (nSPS) is 14.2. The third kappa shape index (κ3) is 4.23. The molecule has 0 aromatic carbocycles. The van der Waals surface area contributed by atoms with E-state index >= 15 is 0 Å². The summed E-state index contributed by atoms with van der Waals surface area (Å²) in [6.45, 7) is 4.99. The number of fused-ring (bicyclic) bond motifs is 1. The summed E-state index contributed by atoms with van der Waals surface area (Å²) in [5.74, 6) is 0.380. The lowest BCUT2D eigenvalue weighted by molar-refractivity contribution is -0.122. The number of aryl methyl sites for hydroxylation is 1. The molecule has 0 spiro atoms. The molecule has 1 aromatic heterocycles. The molecule has 2 rings (SSSR count). The smallest absolute Gasteiger partial charge is 0.240 e. The van der Waals surface area contributed by atoms with Crippen LogP contribution in [0.25, 0.3) is 0 Å². The van der Waals surface area contributed by atoms with Crippen molar-refractivity contribution < 1.29 is 9.59 Å². The molecule has 116 valence electrons. The molecule has 0 fully saturated rings. The molecule has 21 heavy (non-hydrogen) atoms. The molecule has 0 radical (unpaired) electrons. The summed E-state index contributed by atoms with van der Waals surface area (Å²) in [4.78, 5) is 27.0. The van der Waals surface area contributed by atoms with Gasteiger partial charge in [0.05, 0.1) is 15.6 Å². The van der Waals surface area contributed by atoms with Gasteiger partial charge in [0.25, 0.3) is 0 Å². The van der Waals surface area contributed by atoms with E-state index < -0.39 is 0 Å². The highest BCUT2D eigenvalue weighted by atomic mass is 32.2. The Kier molecular flexibility index (Phi) is 6.11. The van der Waals surface area contributed by atoms with Gasteiger partial charge in [-0.1, -0.05) is 20.3 Å². The highest BCUT2D eigenvalue weighted by Gasteiger charge is 2.28. The Balaban J connectivity index is 2.09. The number of thioether (sulfide) groups is 1. The van der Waals surface area contributed by atoms with Crippen molar-refractivity contribution in [2.24, 2.45) is 0 Å². The number of anilines is 1. The van der Waals surface area contributed by atoms with Gasteiger partial charge >= 0.3 is 0 Å². The highest BCUT2D eigenvalue weighted by molar-refractivity contribution is 8.02. The van der Waals surface area contributed by atoms with Crippen LogP contribution in [0.1, 0.15) is 38.0 Å². The Morgan fingerprint density at radius 2 is 2.19 bits per heavy atom. The molecule has 2 heterocycles. The van der Waals surface area contributed by atoms with Crippen molar-refractivity contribution in [3.8, 4) is 0 Å². The third-order valence-corrected chi connectivity index (χ3v) is 5.74. The number of amides is 2. The summed E-state index contributed by atoms with van der Waals surface area (Å²) in [5, 5.41) is 2.84. The van der Waals surface area contributed by atoms with Crippen LogP contribution in [-0.2, 0) is 16.0 Å². The van der Waals surface area contributed by atoms with E-state index in [9.17, 15) is 9.59 Å². The summed E-state index contributed by atoms with van der Waals surface area (Å²) < 4.78 is 1.17. The van der Waals surface area contributed by atoms with Crippen molar-refractivity contribution in [2.75, 3.05) is 23.7 Å². The Hall–Kier alpha value is -1.01. The maximum absolute atomic E-state index is 12.1. The number of nitrogens with zero attached hydrogens (tertiary/aromatic N) is 1. The van der Waals surface area contributed by atoms with Gasteiger partial charge in [-0.15, -0.1) is 23.1 Å². The maximum Gasteiger partial charge on any atom is 0.240 e. The Morgan fingerprint density at radius 1 is 1.38 bits per heavy atom. The average molecular weight is 326 g/mol. The van der Waals surface area contributed by atoms with E-state index in [-0.39, 0.29) is 18.4 Å². The SMILES string of the molecule is CCCCc1cc2c(s1)SCC(=O)N2CC(=O)NCCC. The van der Waals surface area contributed by atoms with Crippen LogP contribution in [0.2, 0.25) is 0 Å². The minimum absolute atomic E-state index is 0.0268. The van der Waals surface area contributed by atoms with Crippen LogP contribution < -0.4 is 10.2 Å². The molecular formula is C15H22N2O2S2. The molecular weight excluding hydrogens is 304 g/mol. The monoisotopic (exact) mass is 326 g/mol. The minimum Gasteiger partial charge on any atom is -0.355 e. The van der Waals surface area contributed by atoms with Gasteiger partial charge in [0.2, 0.25) is 11.8 Å². The quantitative estimate of drug-likeness (QED) is 0.838. The van der Waals surface area contributed by atoms with Crippen LogP contribution in [0.5, 0.6) is 0 Å². The van der Waals surface area contributed by atoms with Gasteiger partial charge < -0.3 is 10.2 Å². The van der Waals surface area contributed by atoms with Gasteiger partial charge in [0.15, 0.2) is 0 Å². The van der Waals surface area contributed by atoms with E-state index in [4.69, 9.17) is 0 Å². The van der Waals surface area contributed by atoms with Crippen LogP contribution in [0.3, 0.4) is 0 Å². The molecule has 1 N–H and O–H groups in total. The van der Waals surface area contributed by atoms with Gasteiger partial charge in [-0.2, -0.15) is 0 Å². The first-order valence-electron chi connectivity index (χ1n) is 7.48. The second-order valence-corrected chi connectivity index (χ2v) is 7.49. The molecule has 1 aromatic rings. The fourth-order valence-corrected chi connectivity index (χ4v) is 4.54. The molecule has 0 saturated carbocycles. The topological polar surface area (TPSA) is 49.4 Å². The second-order valence-electron chi connectivity index (χ2n) is 5.11. The number of hydrogen-bond donors (Lipinski definition) is 1. The standard InChI is InChI=1S/C15H22N2O2S2/c1-3-5-6-11-8-12-15(21-11)20-10-14(19)17(12)9-13(18)16-7-4-2/h8H,3-7,9-10H2,1-2H3,(H,16,18). The minimum atomic E-state index is -0.0793. The fourth-order valence-electron chi connectivity index (χ4n) is 2.15. The zero-order valence-corrected chi connectivity index (χ0v) is 14.2. The fraction of sp³-hybridized carbons (Fsp3) is 0.600. The maximum atomic E-state index is 12.1. The van der Waals surface area contributed by atoms with E-state index in [0.29, 0.717) is 12.3 Å². The van der Waals surface area contributed by atoms with E-state index in [1.807, 2.05) is 6.92 Å². The zero-order valence-electron chi connectivity index (χ0n) is 12.6. The summed E-state index contributed by atoms with van der Waals surface area (Å²) in [6, 6.07) is 2.09. The number of unbranched alkanes of at least 4 members (excludes halogenated alkanes) is 1. The number of rotatable bonds is 7. The van der Waals surface area contributed by atoms with Crippen molar-refractivity contribution in [2.45, 2.75) is 43.7 Å². The van der Waals surface area contributed by atoms with E-state index in [2.05, 4.69) is 18.3 Å². The average Bonchev–Trinajstić information content (AvgIpc) is 2.89.